The van der Waals surface area contributed by atoms with Crippen molar-refractivity contribution in [3.05, 3.63) is 53.6 Å². The molecule has 0 spiro atoms. The molecule has 27 heavy (non-hydrogen) atoms. The second-order valence-corrected chi connectivity index (χ2v) is 5.91. The zero-order valence-corrected chi connectivity index (χ0v) is 16.0. The zero-order valence-electron chi connectivity index (χ0n) is 16.0. The fraction of sp³-hybridized carbons (Fsp3) is 0.333. The summed E-state index contributed by atoms with van der Waals surface area (Å²) in [4.78, 5) is 17.0. The number of nitrogens with zero attached hydrogens (tertiary/aromatic N) is 1. The molecule has 2 aromatic rings. The Morgan fingerprint density at radius 3 is 2.70 bits per heavy atom. The van der Waals surface area contributed by atoms with Crippen LogP contribution in [-0.4, -0.2) is 31.9 Å². The molecule has 0 radical (unpaired) electrons. The molecule has 1 N–H and O–H groups in total. The molecule has 6 nitrogen and oxygen atoms in total. The summed E-state index contributed by atoms with van der Waals surface area (Å²) >= 11 is 0. The van der Waals surface area contributed by atoms with Gasteiger partial charge in [0.25, 0.3) is 5.91 Å². The van der Waals surface area contributed by atoms with Gasteiger partial charge in [-0.25, -0.2) is 0 Å². The van der Waals surface area contributed by atoms with Crippen molar-refractivity contribution in [3.63, 3.8) is 0 Å². The molecule has 0 fully saturated rings. The van der Waals surface area contributed by atoms with Gasteiger partial charge in [-0.1, -0.05) is 24.2 Å². The minimum absolute atomic E-state index is 0.166. The molecule has 0 unspecified atom stereocenters. The molecule has 6 heteroatoms. The minimum Gasteiger partial charge on any atom is -0.490 e. The van der Waals surface area contributed by atoms with E-state index in [9.17, 15) is 4.79 Å². The molecule has 0 aliphatic rings. The van der Waals surface area contributed by atoms with Crippen molar-refractivity contribution >= 4 is 17.8 Å². The first kappa shape index (κ1) is 20.3. The third kappa shape index (κ3) is 7.01. The Hall–Kier alpha value is -3.02. The highest BCUT2D eigenvalue weighted by molar-refractivity contribution is 5.91. The molecule has 1 amide bonds. The zero-order chi connectivity index (χ0) is 19.5. The van der Waals surface area contributed by atoms with Crippen LogP contribution in [0.2, 0.25) is 0 Å². The van der Waals surface area contributed by atoms with Crippen LogP contribution < -0.4 is 14.8 Å². The summed E-state index contributed by atoms with van der Waals surface area (Å²) in [5, 5.41) is 6.61. The number of benzene rings is 2. The van der Waals surface area contributed by atoms with E-state index < -0.39 is 0 Å². The highest BCUT2D eigenvalue weighted by atomic mass is 16.6. The number of ether oxygens (including phenoxy) is 2. The van der Waals surface area contributed by atoms with Gasteiger partial charge in [0.1, 0.15) is 0 Å². The summed E-state index contributed by atoms with van der Waals surface area (Å²) in [5.41, 5.74) is 2.60. The Morgan fingerprint density at radius 1 is 1.11 bits per heavy atom. The van der Waals surface area contributed by atoms with Crippen LogP contribution >= 0.6 is 0 Å². The highest BCUT2D eigenvalue weighted by Gasteiger charge is 2.06. The van der Waals surface area contributed by atoms with Gasteiger partial charge in [0.05, 0.1) is 19.4 Å². The molecule has 0 heterocycles. The van der Waals surface area contributed by atoms with Crippen LogP contribution in [0.4, 0.5) is 5.69 Å². The predicted octanol–water partition coefficient (Wildman–Crippen LogP) is 4.17. The number of hydrogen-bond acceptors (Lipinski definition) is 5. The number of oxime groups is 1. The lowest BCUT2D eigenvalue weighted by molar-refractivity contribution is -0.120. The highest BCUT2D eigenvalue weighted by Crippen LogP contribution is 2.28. The van der Waals surface area contributed by atoms with Crippen molar-refractivity contribution in [3.8, 4) is 11.5 Å². The van der Waals surface area contributed by atoms with E-state index in [1.54, 1.807) is 0 Å². The van der Waals surface area contributed by atoms with Gasteiger partial charge in [-0.05, 0) is 56.2 Å². The first-order valence-corrected chi connectivity index (χ1v) is 9.04. The van der Waals surface area contributed by atoms with Crippen LogP contribution in [-0.2, 0) is 9.63 Å². The van der Waals surface area contributed by atoms with E-state index >= 15 is 0 Å². The van der Waals surface area contributed by atoms with Gasteiger partial charge in [-0.3, -0.25) is 4.79 Å². The Morgan fingerprint density at radius 2 is 1.96 bits per heavy atom. The van der Waals surface area contributed by atoms with Gasteiger partial charge in [-0.15, -0.1) is 0 Å². The minimum atomic E-state index is -0.268. The van der Waals surface area contributed by atoms with Crippen LogP contribution in [0.5, 0.6) is 11.5 Å². The topological polar surface area (TPSA) is 69.2 Å². The van der Waals surface area contributed by atoms with E-state index in [4.69, 9.17) is 14.3 Å². The Balaban J connectivity index is 1.87. The van der Waals surface area contributed by atoms with E-state index in [0.29, 0.717) is 24.7 Å². The van der Waals surface area contributed by atoms with E-state index in [1.807, 2.05) is 63.2 Å². The smallest absolute Gasteiger partial charge is 0.265 e. The Kier molecular flexibility index (Phi) is 8.16. The van der Waals surface area contributed by atoms with Crippen molar-refractivity contribution in [2.45, 2.75) is 27.2 Å². The third-order valence-corrected chi connectivity index (χ3v) is 3.50. The van der Waals surface area contributed by atoms with E-state index in [0.717, 1.165) is 23.2 Å². The van der Waals surface area contributed by atoms with Crippen LogP contribution in [0.3, 0.4) is 0 Å². The maximum Gasteiger partial charge on any atom is 0.265 e. The first-order valence-electron chi connectivity index (χ1n) is 9.04. The number of aryl methyl sites for hydroxylation is 1. The van der Waals surface area contributed by atoms with Gasteiger partial charge in [0.15, 0.2) is 18.1 Å². The normalized spacial score (nSPS) is 10.6. The molecular weight excluding hydrogens is 344 g/mol. The molecule has 0 bridgehead atoms. The molecule has 0 aliphatic heterocycles. The van der Waals surface area contributed by atoms with Crippen molar-refractivity contribution < 1.29 is 19.1 Å². The fourth-order valence-corrected chi connectivity index (χ4v) is 2.32. The number of amides is 1. The van der Waals surface area contributed by atoms with Crippen LogP contribution in [0, 0.1) is 6.92 Å². The summed E-state index contributed by atoms with van der Waals surface area (Å²) in [6.45, 7) is 6.94. The molecule has 0 saturated heterocycles. The van der Waals surface area contributed by atoms with Gasteiger partial charge < -0.3 is 19.6 Å². The van der Waals surface area contributed by atoms with Crippen molar-refractivity contribution in [1.29, 1.82) is 0 Å². The summed E-state index contributed by atoms with van der Waals surface area (Å²) in [5.74, 6) is 1.09. The quantitative estimate of drug-likeness (QED) is 0.503. The molecule has 0 aliphatic carbocycles. The summed E-state index contributed by atoms with van der Waals surface area (Å²) in [7, 11) is 0. The number of nitrogens with one attached hydrogen (secondary N) is 1. The SMILES string of the molecule is CCCOc1ccc(/C=N/OCC(=O)Nc2cccc(C)c2)cc1OCC. The van der Waals surface area contributed by atoms with Gasteiger partial charge in [0, 0.05) is 11.3 Å². The van der Waals surface area contributed by atoms with Crippen molar-refractivity contribution in [2.75, 3.05) is 25.1 Å². The van der Waals surface area contributed by atoms with Crippen molar-refractivity contribution in [2.24, 2.45) is 5.16 Å². The number of hydrogen-bond donors (Lipinski definition) is 1. The number of carbonyl (C=O) groups is 1. The average molecular weight is 370 g/mol. The lowest BCUT2D eigenvalue weighted by Crippen LogP contribution is -2.16. The molecular formula is C21H26N2O4. The third-order valence-electron chi connectivity index (χ3n) is 3.50. The standard InChI is InChI=1S/C21H26N2O4/c1-4-11-26-19-10-9-17(13-20(19)25-5-2)14-22-27-15-21(24)23-18-8-6-7-16(3)12-18/h6-10,12-14H,4-5,11,15H2,1-3H3,(H,23,24)/b22-14+. The van der Waals surface area contributed by atoms with Gasteiger partial charge in [0.2, 0.25) is 0 Å². The number of anilines is 1. The molecule has 0 atom stereocenters. The summed E-state index contributed by atoms with van der Waals surface area (Å²) in [6.07, 6.45) is 2.46. The molecule has 0 aromatic heterocycles. The Bertz CT molecular complexity index is 775. The van der Waals surface area contributed by atoms with E-state index in [-0.39, 0.29) is 12.5 Å². The van der Waals surface area contributed by atoms with Gasteiger partial charge in [-0.2, -0.15) is 0 Å². The van der Waals surface area contributed by atoms with Crippen molar-refractivity contribution in [1.82, 2.24) is 0 Å². The largest absolute Gasteiger partial charge is 0.490 e. The second kappa shape index (κ2) is 10.9. The van der Waals surface area contributed by atoms with Gasteiger partial charge >= 0.3 is 0 Å². The first-order chi connectivity index (χ1) is 13.1. The van der Waals surface area contributed by atoms with Crippen LogP contribution in [0.15, 0.2) is 47.6 Å². The monoisotopic (exact) mass is 370 g/mol. The summed E-state index contributed by atoms with van der Waals surface area (Å²) in [6, 6.07) is 13.1. The number of rotatable bonds is 10. The summed E-state index contributed by atoms with van der Waals surface area (Å²) < 4.78 is 11.3. The van der Waals surface area contributed by atoms with Crippen LogP contribution in [0.25, 0.3) is 0 Å². The fourth-order valence-electron chi connectivity index (χ4n) is 2.32. The maximum absolute atomic E-state index is 11.9. The maximum atomic E-state index is 11.9. The average Bonchev–Trinajstić information content (AvgIpc) is 2.65. The lowest BCUT2D eigenvalue weighted by atomic mass is 10.2. The lowest BCUT2D eigenvalue weighted by Gasteiger charge is -2.11. The second-order valence-electron chi connectivity index (χ2n) is 5.91. The Labute approximate surface area is 160 Å². The molecule has 2 aromatic carbocycles. The van der Waals surface area contributed by atoms with E-state index in [2.05, 4.69) is 10.5 Å². The molecule has 0 saturated carbocycles. The van der Waals surface area contributed by atoms with E-state index in [1.165, 1.54) is 6.21 Å². The predicted molar refractivity (Wildman–Crippen MR) is 107 cm³/mol. The van der Waals surface area contributed by atoms with Crippen LogP contribution in [0.1, 0.15) is 31.4 Å². The molecule has 144 valence electrons. The number of carbonyl (C=O) groups excluding carboxylic acids is 1. The molecule has 2 rings (SSSR count).